The van der Waals surface area contributed by atoms with Crippen molar-refractivity contribution in [1.29, 1.82) is 0 Å². The summed E-state index contributed by atoms with van der Waals surface area (Å²) in [5, 5.41) is 6.46. The second kappa shape index (κ2) is 8.80. The zero-order chi connectivity index (χ0) is 19.3. The summed E-state index contributed by atoms with van der Waals surface area (Å²) in [4.78, 5) is 15.4. The van der Waals surface area contributed by atoms with Gasteiger partial charge < -0.3 is 4.74 Å². The first-order chi connectivity index (χ1) is 13.7. The summed E-state index contributed by atoms with van der Waals surface area (Å²) in [7, 11) is 1.66. The van der Waals surface area contributed by atoms with E-state index in [0.717, 1.165) is 53.6 Å². The van der Waals surface area contributed by atoms with E-state index in [1.54, 1.807) is 12.1 Å². The van der Waals surface area contributed by atoms with E-state index in [1.807, 2.05) is 54.2 Å². The molecule has 0 radical (unpaired) electrons. The minimum atomic E-state index is -0.0761. The predicted molar refractivity (Wildman–Crippen MR) is 114 cm³/mol. The maximum Gasteiger partial charge on any atom is 0.257 e. The Morgan fingerprint density at radius 1 is 1.11 bits per heavy atom. The Morgan fingerprint density at radius 3 is 2.50 bits per heavy atom. The SMILES string of the molecule is COc1ccc(C2CC(c3ccccc3)=NN2C(=O)CN2CCSCC2)cc1. The quantitative estimate of drug-likeness (QED) is 0.778. The van der Waals surface area contributed by atoms with E-state index < -0.39 is 0 Å². The fourth-order valence-corrected chi connectivity index (χ4v) is 4.63. The van der Waals surface area contributed by atoms with E-state index >= 15 is 0 Å². The van der Waals surface area contributed by atoms with Crippen molar-refractivity contribution >= 4 is 23.4 Å². The van der Waals surface area contributed by atoms with E-state index in [-0.39, 0.29) is 11.9 Å². The van der Waals surface area contributed by atoms with Gasteiger partial charge in [0, 0.05) is 31.0 Å². The molecule has 146 valence electrons. The van der Waals surface area contributed by atoms with Crippen molar-refractivity contribution in [3.05, 3.63) is 65.7 Å². The summed E-state index contributed by atoms with van der Waals surface area (Å²) in [6, 6.07) is 18.0. The van der Waals surface area contributed by atoms with E-state index in [2.05, 4.69) is 17.0 Å². The van der Waals surface area contributed by atoms with E-state index in [0.29, 0.717) is 6.54 Å². The van der Waals surface area contributed by atoms with Gasteiger partial charge in [0.25, 0.3) is 5.91 Å². The number of benzene rings is 2. The van der Waals surface area contributed by atoms with Crippen LogP contribution < -0.4 is 4.74 Å². The lowest BCUT2D eigenvalue weighted by atomic mass is 9.98. The summed E-state index contributed by atoms with van der Waals surface area (Å²) < 4.78 is 5.28. The second-order valence-electron chi connectivity index (χ2n) is 7.03. The van der Waals surface area contributed by atoms with Crippen molar-refractivity contribution in [2.75, 3.05) is 38.2 Å². The summed E-state index contributed by atoms with van der Waals surface area (Å²) in [6.45, 7) is 2.36. The molecule has 2 aliphatic heterocycles. The van der Waals surface area contributed by atoms with Crippen molar-refractivity contribution < 1.29 is 9.53 Å². The molecule has 1 amide bonds. The molecule has 1 fully saturated rings. The molecule has 0 aromatic heterocycles. The molecule has 6 heteroatoms. The number of hydrogen-bond donors (Lipinski definition) is 0. The average Bonchev–Trinajstić information content (AvgIpc) is 3.21. The van der Waals surface area contributed by atoms with E-state index in [1.165, 1.54) is 0 Å². The van der Waals surface area contributed by atoms with Gasteiger partial charge in [-0.3, -0.25) is 9.69 Å². The smallest absolute Gasteiger partial charge is 0.257 e. The van der Waals surface area contributed by atoms with Crippen molar-refractivity contribution in [2.45, 2.75) is 12.5 Å². The Labute approximate surface area is 170 Å². The number of rotatable bonds is 5. The van der Waals surface area contributed by atoms with Crippen molar-refractivity contribution in [3.63, 3.8) is 0 Å². The zero-order valence-corrected chi connectivity index (χ0v) is 16.9. The molecular weight excluding hydrogens is 370 g/mol. The molecule has 2 aliphatic rings. The van der Waals surface area contributed by atoms with Gasteiger partial charge in [0.15, 0.2) is 0 Å². The lowest BCUT2D eigenvalue weighted by Gasteiger charge is -2.28. The molecule has 4 rings (SSSR count). The number of carbonyl (C=O) groups is 1. The lowest BCUT2D eigenvalue weighted by molar-refractivity contribution is -0.134. The number of ether oxygens (including phenoxy) is 1. The highest BCUT2D eigenvalue weighted by molar-refractivity contribution is 7.99. The van der Waals surface area contributed by atoms with Crippen molar-refractivity contribution in [3.8, 4) is 5.75 Å². The maximum atomic E-state index is 13.1. The highest BCUT2D eigenvalue weighted by Gasteiger charge is 2.33. The Bertz CT molecular complexity index is 833. The van der Waals surface area contributed by atoms with Gasteiger partial charge in [-0.05, 0) is 23.3 Å². The molecule has 2 aromatic carbocycles. The normalized spacial score (nSPS) is 20.1. The third kappa shape index (κ3) is 4.23. The fraction of sp³-hybridized carbons (Fsp3) is 0.364. The van der Waals surface area contributed by atoms with Gasteiger partial charge in [-0.1, -0.05) is 42.5 Å². The average molecular weight is 396 g/mol. The molecule has 1 saturated heterocycles. The molecule has 2 heterocycles. The van der Waals surface area contributed by atoms with Crippen LogP contribution in [-0.2, 0) is 4.79 Å². The number of thioether (sulfide) groups is 1. The molecular formula is C22H25N3O2S. The number of hydrazone groups is 1. The molecule has 5 nitrogen and oxygen atoms in total. The summed E-state index contributed by atoms with van der Waals surface area (Å²) >= 11 is 1.95. The molecule has 1 atom stereocenters. The molecule has 0 saturated carbocycles. The molecule has 1 unspecified atom stereocenters. The molecule has 0 aliphatic carbocycles. The van der Waals surface area contributed by atoms with E-state index in [4.69, 9.17) is 9.84 Å². The van der Waals surface area contributed by atoms with Crippen molar-refractivity contribution in [2.24, 2.45) is 5.10 Å². The van der Waals surface area contributed by atoms with Crippen LogP contribution in [0.25, 0.3) is 0 Å². The van der Waals surface area contributed by atoms with Crippen LogP contribution in [0.3, 0.4) is 0 Å². The zero-order valence-electron chi connectivity index (χ0n) is 16.1. The summed E-state index contributed by atoms with van der Waals surface area (Å²) in [5.41, 5.74) is 3.12. The van der Waals surface area contributed by atoms with Gasteiger partial charge in [-0.2, -0.15) is 16.9 Å². The fourth-order valence-electron chi connectivity index (χ4n) is 3.65. The monoisotopic (exact) mass is 395 g/mol. The minimum Gasteiger partial charge on any atom is -0.497 e. The van der Waals surface area contributed by atoms with Crippen LogP contribution >= 0.6 is 11.8 Å². The second-order valence-corrected chi connectivity index (χ2v) is 8.26. The van der Waals surface area contributed by atoms with Crippen LogP contribution in [0.1, 0.15) is 23.6 Å². The van der Waals surface area contributed by atoms with Gasteiger partial charge in [0.05, 0.1) is 25.4 Å². The Kier molecular flexibility index (Phi) is 5.98. The first-order valence-corrected chi connectivity index (χ1v) is 10.8. The van der Waals surface area contributed by atoms with Crippen LogP contribution in [0, 0.1) is 0 Å². The third-order valence-corrected chi connectivity index (χ3v) is 6.18. The highest BCUT2D eigenvalue weighted by atomic mass is 32.2. The van der Waals surface area contributed by atoms with Gasteiger partial charge in [-0.25, -0.2) is 5.01 Å². The Hall–Kier alpha value is -2.31. The van der Waals surface area contributed by atoms with Crippen LogP contribution in [0.4, 0.5) is 0 Å². The van der Waals surface area contributed by atoms with Gasteiger partial charge in [-0.15, -0.1) is 0 Å². The molecule has 0 N–H and O–H groups in total. The van der Waals surface area contributed by atoms with Crippen molar-refractivity contribution in [1.82, 2.24) is 9.91 Å². The van der Waals surface area contributed by atoms with Gasteiger partial charge in [0.2, 0.25) is 0 Å². The summed E-state index contributed by atoms with van der Waals surface area (Å²) in [5.74, 6) is 3.06. The molecule has 0 bridgehead atoms. The van der Waals surface area contributed by atoms with E-state index in [9.17, 15) is 4.79 Å². The molecule has 28 heavy (non-hydrogen) atoms. The predicted octanol–water partition coefficient (Wildman–Crippen LogP) is 3.42. The maximum absolute atomic E-state index is 13.1. The molecule has 0 spiro atoms. The van der Waals surface area contributed by atoms with Crippen LogP contribution in [-0.4, -0.2) is 59.8 Å². The topological polar surface area (TPSA) is 45.1 Å². The minimum absolute atomic E-state index is 0.0682. The number of carbonyl (C=O) groups excluding carboxylic acids is 1. The van der Waals surface area contributed by atoms with Crippen LogP contribution in [0.15, 0.2) is 59.7 Å². The Balaban J connectivity index is 1.58. The van der Waals surface area contributed by atoms with Crippen LogP contribution in [0.2, 0.25) is 0 Å². The summed E-state index contributed by atoms with van der Waals surface area (Å²) in [6.07, 6.45) is 0.720. The number of methoxy groups -OCH3 is 1. The number of amides is 1. The van der Waals surface area contributed by atoms with Crippen LogP contribution in [0.5, 0.6) is 5.75 Å². The Morgan fingerprint density at radius 2 is 1.82 bits per heavy atom. The molecule has 2 aromatic rings. The number of nitrogens with zero attached hydrogens (tertiary/aromatic N) is 3. The van der Waals surface area contributed by atoms with Gasteiger partial charge in [0.1, 0.15) is 5.75 Å². The van der Waals surface area contributed by atoms with Gasteiger partial charge >= 0.3 is 0 Å². The first-order valence-electron chi connectivity index (χ1n) is 9.63. The first kappa shape index (κ1) is 19.0. The lowest BCUT2D eigenvalue weighted by Crippen LogP contribution is -2.41. The number of hydrogen-bond acceptors (Lipinski definition) is 5. The largest absolute Gasteiger partial charge is 0.497 e. The standard InChI is InChI=1S/C22H25N3O2S/c1-27-19-9-7-18(8-10-19)21-15-20(17-5-3-2-4-6-17)23-25(21)22(26)16-24-11-13-28-14-12-24/h2-10,21H,11-16H2,1H3. The third-order valence-electron chi connectivity index (χ3n) is 5.24. The highest BCUT2D eigenvalue weighted by Crippen LogP contribution is 2.33.